The molecule has 0 aliphatic rings. The van der Waals surface area contributed by atoms with Crippen LogP contribution in [0.15, 0.2) is 85.1 Å². The highest BCUT2D eigenvalue weighted by molar-refractivity contribution is 6.04. The van der Waals surface area contributed by atoms with Gasteiger partial charge < -0.3 is 14.0 Å². The number of benzene rings is 3. The molecule has 0 unspecified atom stereocenters. The fourth-order valence-corrected chi connectivity index (χ4v) is 3.97. The Morgan fingerprint density at radius 1 is 0.895 bits per heavy atom. The third-order valence-electron chi connectivity index (χ3n) is 6.08. The Kier molecular flexibility index (Phi) is 8.66. The number of aromatic nitrogens is 2. The van der Waals surface area contributed by atoms with Crippen molar-refractivity contribution < 1.29 is 19.1 Å². The molecule has 0 saturated heterocycles. The average molecular weight is 511 g/mol. The number of nitrogens with zero attached hydrogens (tertiary/aromatic N) is 2. The van der Waals surface area contributed by atoms with Gasteiger partial charge in [0, 0.05) is 42.8 Å². The maximum absolute atomic E-state index is 12.1. The summed E-state index contributed by atoms with van der Waals surface area (Å²) in [5.41, 5.74) is 5.42. The summed E-state index contributed by atoms with van der Waals surface area (Å²) in [5, 5.41) is 10.3. The van der Waals surface area contributed by atoms with Crippen LogP contribution in [0.1, 0.15) is 23.1 Å². The molecule has 8 heteroatoms. The van der Waals surface area contributed by atoms with E-state index in [9.17, 15) is 9.59 Å². The number of alkyl carbamates (subject to hydrolysis) is 1. The molecule has 0 aliphatic carbocycles. The summed E-state index contributed by atoms with van der Waals surface area (Å²) < 4.78 is 11.9. The molecule has 8 nitrogen and oxygen atoms in total. The summed E-state index contributed by atoms with van der Waals surface area (Å²) in [5.74, 6) is 0.586. The van der Waals surface area contributed by atoms with Gasteiger partial charge in [0.1, 0.15) is 11.7 Å². The summed E-state index contributed by atoms with van der Waals surface area (Å²) in [4.78, 5) is 28.2. The summed E-state index contributed by atoms with van der Waals surface area (Å²) in [6.45, 7) is 0.388. The minimum Gasteiger partial charge on any atom is -0.465 e. The number of aryl methyl sites for hydroxylation is 2. The predicted octanol–water partition coefficient (Wildman–Crippen LogP) is 5.15. The molecule has 0 atom stereocenters. The zero-order chi connectivity index (χ0) is 26.9. The number of methoxy groups -OCH3 is 1. The van der Waals surface area contributed by atoms with Gasteiger partial charge in [0.2, 0.25) is 0 Å². The standard InChI is InChI=1S/C30H30N4O4/c1-34-20-26(23-13-15-24(16-14-23)28(31)33-30(36)37-2)32-29(34)25-11-8-22(9-12-25)10-17-27(35)38-19-18-21-6-4-3-5-7-21/h3-9,11-16,20H,10,17-19H2,1-2H3,(H2,31,33,36). The molecular formula is C30H30N4O4. The molecule has 0 radical (unpaired) electrons. The number of amidine groups is 1. The minimum atomic E-state index is -0.682. The van der Waals surface area contributed by atoms with Crippen LogP contribution in [0.2, 0.25) is 0 Å². The zero-order valence-electron chi connectivity index (χ0n) is 21.4. The molecule has 1 heterocycles. The van der Waals surface area contributed by atoms with E-state index in [-0.39, 0.29) is 11.8 Å². The number of hydrogen-bond donors (Lipinski definition) is 2. The van der Waals surface area contributed by atoms with Gasteiger partial charge in [-0.05, 0) is 17.5 Å². The zero-order valence-corrected chi connectivity index (χ0v) is 21.4. The normalized spacial score (nSPS) is 10.6. The highest BCUT2D eigenvalue weighted by Gasteiger charge is 2.12. The number of nitrogens with one attached hydrogen (secondary N) is 2. The van der Waals surface area contributed by atoms with Crippen molar-refractivity contribution in [1.29, 1.82) is 5.41 Å². The van der Waals surface area contributed by atoms with Crippen molar-refractivity contribution >= 4 is 17.9 Å². The number of ether oxygens (including phenoxy) is 2. The molecule has 194 valence electrons. The first-order valence-corrected chi connectivity index (χ1v) is 12.3. The Balaban J connectivity index is 1.32. The van der Waals surface area contributed by atoms with Gasteiger partial charge in [-0.1, -0.05) is 78.9 Å². The van der Waals surface area contributed by atoms with Crippen molar-refractivity contribution in [3.05, 3.63) is 102 Å². The Bertz CT molecular complexity index is 1390. The van der Waals surface area contributed by atoms with Crippen LogP contribution in [0.5, 0.6) is 0 Å². The van der Waals surface area contributed by atoms with E-state index in [4.69, 9.17) is 15.1 Å². The van der Waals surface area contributed by atoms with Gasteiger partial charge in [-0.2, -0.15) is 0 Å². The van der Waals surface area contributed by atoms with E-state index in [0.717, 1.165) is 33.8 Å². The molecule has 1 aromatic heterocycles. The molecule has 4 rings (SSSR count). The number of amides is 1. The van der Waals surface area contributed by atoms with E-state index in [1.54, 1.807) is 12.1 Å². The van der Waals surface area contributed by atoms with E-state index in [2.05, 4.69) is 10.1 Å². The molecule has 0 spiro atoms. The van der Waals surface area contributed by atoms with Crippen LogP contribution in [0.3, 0.4) is 0 Å². The molecule has 0 fully saturated rings. The Labute approximate surface area is 221 Å². The fourth-order valence-electron chi connectivity index (χ4n) is 3.97. The topological polar surface area (TPSA) is 106 Å². The maximum atomic E-state index is 12.1. The molecule has 0 bridgehead atoms. The summed E-state index contributed by atoms with van der Waals surface area (Å²) in [6.07, 6.45) is 2.93. The number of esters is 1. The second-order valence-corrected chi connectivity index (χ2v) is 8.78. The van der Waals surface area contributed by atoms with E-state index >= 15 is 0 Å². The molecule has 4 aromatic rings. The Morgan fingerprint density at radius 2 is 1.55 bits per heavy atom. The van der Waals surface area contributed by atoms with Gasteiger partial charge >= 0.3 is 12.1 Å². The van der Waals surface area contributed by atoms with E-state index in [1.165, 1.54) is 7.11 Å². The monoisotopic (exact) mass is 510 g/mol. The van der Waals surface area contributed by atoms with Gasteiger partial charge in [0.15, 0.2) is 0 Å². The first kappa shape index (κ1) is 26.3. The molecule has 0 saturated carbocycles. The van der Waals surface area contributed by atoms with Crippen LogP contribution in [-0.4, -0.2) is 41.2 Å². The molecule has 38 heavy (non-hydrogen) atoms. The van der Waals surface area contributed by atoms with Crippen LogP contribution in [0.25, 0.3) is 22.6 Å². The molecule has 3 aromatic carbocycles. The lowest BCUT2D eigenvalue weighted by Crippen LogP contribution is -2.30. The molecule has 1 amide bonds. The van der Waals surface area contributed by atoms with Crippen molar-refractivity contribution in [2.75, 3.05) is 13.7 Å². The average Bonchev–Trinajstić information content (AvgIpc) is 3.34. The third-order valence-corrected chi connectivity index (χ3v) is 6.08. The lowest BCUT2D eigenvalue weighted by atomic mass is 10.1. The van der Waals surface area contributed by atoms with Crippen LogP contribution in [0, 0.1) is 5.41 Å². The van der Waals surface area contributed by atoms with Crippen molar-refractivity contribution in [2.45, 2.75) is 19.3 Å². The summed E-state index contributed by atoms with van der Waals surface area (Å²) >= 11 is 0. The number of carbonyl (C=O) groups is 2. The van der Waals surface area contributed by atoms with Gasteiger partial charge in [-0.25, -0.2) is 9.78 Å². The second kappa shape index (κ2) is 12.5. The van der Waals surface area contributed by atoms with Gasteiger partial charge in [0.05, 0.1) is 19.4 Å². The van der Waals surface area contributed by atoms with Crippen molar-refractivity contribution in [2.24, 2.45) is 7.05 Å². The van der Waals surface area contributed by atoms with Gasteiger partial charge in [0.25, 0.3) is 0 Å². The van der Waals surface area contributed by atoms with Gasteiger partial charge in [-0.3, -0.25) is 15.5 Å². The SMILES string of the molecule is COC(=O)NC(=N)c1ccc(-c2cn(C)c(-c3ccc(CCC(=O)OCCc4ccccc4)cc3)n2)cc1. The number of imidazole rings is 1. The van der Waals surface area contributed by atoms with E-state index in [0.29, 0.717) is 31.4 Å². The fraction of sp³-hybridized carbons (Fsp3) is 0.200. The van der Waals surface area contributed by atoms with E-state index < -0.39 is 6.09 Å². The smallest absolute Gasteiger partial charge is 0.412 e. The van der Waals surface area contributed by atoms with Crippen molar-refractivity contribution in [3.8, 4) is 22.6 Å². The van der Waals surface area contributed by atoms with Gasteiger partial charge in [-0.15, -0.1) is 0 Å². The Hall–Kier alpha value is -4.72. The Morgan fingerprint density at radius 3 is 2.24 bits per heavy atom. The number of hydrogen-bond acceptors (Lipinski definition) is 6. The highest BCUT2D eigenvalue weighted by atomic mass is 16.5. The predicted molar refractivity (Wildman–Crippen MR) is 146 cm³/mol. The van der Waals surface area contributed by atoms with Crippen molar-refractivity contribution in [1.82, 2.24) is 14.9 Å². The van der Waals surface area contributed by atoms with Crippen molar-refractivity contribution in [3.63, 3.8) is 0 Å². The second-order valence-electron chi connectivity index (χ2n) is 8.78. The quantitative estimate of drug-likeness (QED) is 0.184. The highest BCUT2D eigenvalue weighted by Crippen LogP contribution is 2.25. The molecular weight excluding hydrogens is 480 g/mol. The van der Waals surface area contributed by atoms with E-state index in [1.807, 2.05) is 84.5 Å². The molecule has 2 N–H and O–H groups in total. The summed E-state index contributed by atoms with van der Waals surface area (Å²) in [6, 6.07) is 25.2. The minimum absolute atomic E-state index is 0.0364. The lowest BCUT2D eigenvalue weighted by molar-refractivity contribution is -0.143. The lowest BCUT2D eigenvalue weighted by Gasteiger charge is -2.06. The number of carbonyl (C=O) groups excluding carboxylic acids is 2. The molecule has 0 aliphatic heterocycles. The largest absolute Gasteiger partial charge is 0.465 e. The van der Waals surface area contributed by atoms with Crippen LogP contribution < -0.4 is 5.32 Å². The summed E-state index contributed by atoms with van der Waals surface area (Å²) in [7, 11) is 3.19. The van der Waals surface area contributed by atoms with Crippen LogP contribution >= 0.6 is 0 Å². The first-order valence-electron chi connectivity index (χ1n) is 12.3. The van der Waals surface area contributed by atoms with Crippen LogP contribution in [0.4, 0.5) is 4.79 Å². The number of rotatable bonds is 9. The first-order chi connectivity index (χ1) is 18.4. The van der Waals surface area contributed by atoms with Crippen LogP contribution in [-0.2, 0) is 34.2 Å². The maximum Gasteiger partial charge on any atom is 0.412 e. The third kappa shape index (κ3) is 6.94.